The summed E-state index contributed by atoms with van der Waals surface area (Å²) in [6, 6.07) is 5.97. The van der Waals surface area contributed by atoms with Gasteiger partial charge in [-0.25, -0.2) is 0 Å². The van der Waals surface area contributed by atoms with Crippen LogP contribution in [-0.4, -0.2) is 22.6 Å². The number of nitrogens with zero attached hydrogens (tertiary/aromatic N) is 1. The summed E-state index contributed by atoms with van der Waals surface area (Å²) >= 11 is 12.9. The standard InChI is InChI=1S/C18H18ClN3O3S2/c1-4-11-8-12-16(27-11)21-18(26)22(17(12)24)9(2)15(23)20-10-5-6-14(25-3)13(19)7-10/h5-9H,4H2,1-3H3,(H,20,23)(H,21,26). The second kappa shape index (κ2) is 7.84. The minimum Gasteiger partial charge on any atom is -0.495 e. The third kappa shape index (κ3) is 3.78. The van der Waals surface area contributed by atoms with Crippen LogP contribution >= 0.6 is 35.2 Å². The van der Waals surface area contributed by atoms with Crippen molar-refractivity contribution in [3.63, 3.8) is 0 Å². The summed E-state index contributed by atoms with van der Waals surface area (Å²) in [6.45, 7) is 3.65. The number of thiophene rings is 1. The third-order valence-electron chi connectivity index (χ3n) is 4.21. The molecule has 2 N–H and O–H groups in total. The molecule has 0 aliphatic heterocycles. The van der Waals surface area contributed by atoms with Gasteiger partial charge >= 0.3 is 0 Å². The number of aromatic amines is 1. The number of halogens is 1. The fourth-order valence-electron chi connectivity index (χ4n) is 2.71. The van der Waals surface area contributed by atoms with Gasteiger partial charge in [-0.3, -0.25) is 14.2 Å². The van der Waals surface area contributed by atoms with Crippen LogP contribution in [0.5, 0.6) is 5.75 Å². The fourth-order valence-corrected chi connectivity index (χ4v) is 4.36. The molecule has 1 amide bonds. The van der Waals surface area contributed by atoms with E-state index < -0.39 is 6.04 Å². The molecule has 2 heterocycles. The number of benzene rings is 1. The maximum Gasteiger partial charge on any atom is 0.263 e. The molecule has 9 heteroatoms. The molecule has 1 atom stereocenters. The lowest BCUT2D eigenvalue weighted by Crippen LogP contribution is -2.32. The minimum absolute atomic E-state index is 0.215. The molecule has 2 aromatic heterocycles. The lowest BCUT2D eigenvalue weighted by molar-refractivity contribution is -0.118. The van der Waals surface area contributed by atoms with Crippen molar-refractivity contribution >= 4 is 57.0 Å². The molecule has 0 fully saturated rings. The Hall–Kier alpha value is -2.16. The van der Waals surface area contributed by atoms with E-state index in [1.54, 1.807) is 25.1 Å². The van der Waals surface area contributed by atoms with E-state index in [1.165, 1.54) is 23.0 Å². The topological polar surface area (TPSA) is 76.1 Å². The maximum atomic E-state index is 12.9. The molecule has 1 aromatic carbocycles. The van der Waals surface area contributed by atoms with Gasteiger partial charge in [0, 0.05) is 10.6 Å². The molecule has 142 valence electrons. The van der Waals surface area contributed by atoms with Crippen molar-refractivity contribution in [3.05, 3.63) is 49.3 Å². The van der Waals surface area contributed by atoms with Crippen molar-refractivity contribution in [3.8, 4) is 5.75 Å². The number of rotatable bonds is 5. The van der Waals surface area contributed by atoms with Crippen LogP contribution in [0.15, 0.2) is 29.1 Å². The van der Waals surface area contributed by atoms with Crippen molar-refractivity contribution < 1.29 is 9.53 Å². The summed E-state index contributed by atoms with van der Waals surface area (Å²) in [5.74, 6) is 0.138. The highest BCUT2D eigenvalue weighted by molar-refractivity contribution is 7.71. The Morgan fingerprint density at radius 1 is 1.44 bits per heavy atom. The average molecular weight is 424 g/mol. The van der Waals surface area contributed by atoms with Crippen LogP contribution in [0.4, 0.5) is 5.69 Å². The number of fused-ring (bicyclic) bond motifs is 1. The van der Waals surface area contributed by atoms with Crippen LogP contribution in [0.3, 0.4) is 0 Å². The van der Waals surface area contributed by atoms with Gasteiger partial charge in [0.1, 0.15) is 16.6 Å². The van der Waals surface area contributed by atoms with E-state index in [1.807, 2.05) is 13.0 Å². The average Bonchev–Trinajstić information content (AvgIpc) is 3.05. The number of methoxy groups -OCH3 is 1. The highest BCUT2D eigenvalue weighted by Gasteiger charge is 2.20. The van der Waals surface area contributed by atoms with Crippen LogP contribution in [-0.2, 0) is 11.2 Å². The van der Waals surface area contributed by atoms with Crippen molar-refractivity contribution in [2.75, 3.05) is 12.4 Å². The molecule has 0 saturated carbocycles. The van der Waals surface area contributed by atoms with Gasteiger partial charge in [0.2, 0.25) is 5.91 Å². The van der Waals surface area contributed by atoms with E-state index >= 15 is 0 Å². The van der Waals surface area contributed by atoms with E-state index in [0.29, 0.717) is 21.8 Å². The van der Waals surface area contributed by atoms with E-state index in [0.717, 1.165) is 16.1 Å². The highest BCUT2D eigenvalue weighted by atomic mass is 35.5. The van der Waals surface area contributed by atoms with Crippen LogP contribution in [0.1, 0.15) is 24.8 Å². The first-order chi connectivity index (χ1) is 12.8. The zero-order chi connectivity index (χ0) is 19.7. The molecule has 3 rings (SSSR count). The molecular formula is C18H18ClN3O3S2. The van der Waals surface area contributed by atoms with E-state index in [9.17, 15) is 9.59 Å². The van der Waals surface area contributed by atoms with Gasteiger partial charge in [0.25, 0.3) is 5.56 Å². The molecule has 0 aliphatic rings. The predicted octanol–water partition coefficient (Wildman–Crippen LogP) is 4.54. The van der Waals surface area contributed by atoms with Gasteiger partial charge in [-0.2, -0.15) is 0 Å². The predicted molar refractivity (Wildman–Crippen MR) is 112 cm³/mol. The molecule has 0 saturated heterocycles. The summed E-state index contributed by atoms with van der Waals surface area (Å²) in [6.07, 6.45) is 0.827. The van der Waals surface area contributed by atoms with Crippen LogP contribution in [0.25, 0.3) is 10.2 Å². The summed E-state index contributed by atoms with van der Waals surface area (Å²) in [4.78, 5) is 30.4. The third-order valence-corrected chi connectivity index (χ3v) is 6.00. The van der Waals surface area contributed by atoms with Gasteiger partial charge in [0.05, 0.1) is 17.5 Å². The number of amides is 1. The van der Waals surface area contributed by atoms with Gasteiger partial charge in [-0.05, 0) is 49.8 Å². The summed E-state index contributed by atoms with van der Waals surface area (Å²) in [5.41, 5.74) is 0.227. The molecule has 0 bridgehead atoms. The Morgan fingerprint density at radius 3 is 2.81 bits per heavy atom. The molecule has 3 aromatic rings. The normalized spacial score (nSPS) is 12.1. The monoisotopic (exact) mass is 423 g/mol. The molecule has 6 nitrogen and oxygen atoms in total. The second-order valence-corrected chi connectivity index (χ2v) is 7.86. The molecule has 27 heavy (non-hydrogen) atoms. The lowest BCUT2D eigenvalue weighted by Gasteiger charge is -2.16. The first kappa shape index (κ1) is 19.6. The number of carbonyl (C=O) groups is 1. The van der Waals surface area contributed by atoms with E-state index in [2.05, 4.69) is 10.3 Å². The molecule has 0 spiro atoms. The summed E-state index contributed by atoms with van der Waals surface area (Å²) in [5, 5.41) is 3.67. The summed E-state index contributed by atoms with van der Waals surface area (Å²) < 4.78 is 6.61. The Labute approximate surface area is 169 Å². The Kier molecular flexibility index (Phi) is 5.69. The van der Waals surface area contributed by atoms with Gasteiger partial charge in [0.15, 0.2) is 4.77 Å². The number of hydrogen-bond acceptors (Lipinski definition) is 5. The number of aromatic nitrogens is 2. The first-order valence-electron chi connectivity index (χ1n) is 8.27. The van der Waals surface area contributed by atoms with E-state index in [4.69, 9.17) is 28.6 Å². The van der Waals surface area contributed by atoms with Gasteiger partial charge in [-0.1, -0.05) is 18.5 Å². The van der Waals surface area contributed by atoms with E-state index in [-0.39, 0.29) is 16.2 Å². The van der Waals surface area contributed by atoms with Crippen molar-refractivity contribution in [1.29, 1.82) is 0 Å². The first-order valence-corrected chi connectivity index (χ1v) is 9.87. The number of nitrogens with one attached hydrogen (secondary N) is 2. The number of H-pyrrole nitrogens is 1. The Bertz CT molecular complexity index is 1130. The second-order valence-electron chi connectivity index (χ2n) is 5.93. The van der Waals surface area contributed by atoms with Crippen molar-refractivity contribution in [2.45, 2.75) is 26.3 Å². The largest absolute Gasteiger partial charge is 0.495 e. The number of ether oxygens (including phenoxy) is 1. The molecule has 0 radical (unpaired) electrons. The van der Waals surface area contributed by atoms with Gasteiger partial charge in [-0.15, -0.1) is 11.3 Å². The number of anilines is 1. The SMILES string of the molecule is CCc1cc2c(=O)n(C(C)C(=O)Nc3ccc(OC)c(Cl)c3)c(=S)[nH]c2s1. The number of aryl methyl sites for hydroxylation is 1. The number of hydrogen-bond donors (Lipinski definition) is 2. The smallest absolute Gasteiger partial charge is 0.263 e. The maximum absolute atomic E-state index is 12.9. The Morgan fingerprint density at radius 2 is 2.19 bits per heavy atom. The fraction of sp³-hybridized carbons (Fsp3) is 0.278. The van der Waals surface area contributed by atoms with Crippen LogP contribution < -0.4 is 15.6 Å². The van der Waals surface area contributed by atoms with Crippen molar-refractivity contribution in [2.24, 2.45) is 0 Å². The van der Waals surface area contributed by atoms with Gasteiger partial charge < -0.3 is 15.0 Å². The zero-order valence-corrected chi connectivity index (χ0v) is 17.3. The molecule has 1 unspecified atom stereocenters. The van der Waals surface area contributed by atoms with Crippen LogP contribution in [0.2, 0.25) is 5.02 Å². The number of carbonyl (C=O) groups excluding carboxylic acids is 1. The molecular weight excluding hydrogens is 406 g/mol. The highest BCUT2D eigenvalue weighted by Crippen LogP contribution is 2.28. The Balaban J connectivity index is 1.94. The lowest BCUT2D eigenvalue weighted by atomic mass is 10.2. The summed E-state index contributed by atoms with van der Waals surface area (Å²) in [7, 11) is 1.51. The van der Waals surface area contributed by atoms with Crippen LogP contribution in [0, 0.1) is 4.77 Å². The molecule has 0 aliphatic carbocycles. The zero-order valence-electron chi connectivity index (χ0n) is 15.0. The van der Waals surface area contributed by atoms with Crippen molar-refractivity contribution in [1.82, 2.24) is 9.55 Å². The minimum atomic E-state index is -0.795. The quantitative estimate of drug-likeness (QED) is 0.590.